The Morgan fingerprint density at radius 3 is 2.42 bits per heavy atom. The summed E-state index contributed by atoms with van der Waals surface area (Å²) in [4.78, 5) is 4.18. The summed E-state index contributed by atoms with van der Waals surface area (Å²) in [6, 6.07) is 1.46. The summed E-state index contributed by atoms with van der Waals surface area (Å²) in [5.74, 6) is -3.25. The molecule has 1 N–H and O–H groups in total. The zero-order chi connectivity index (χ0) is 14.0. The number of hydrogen-bond acceptors (Lipinski definition) is 2. The average Bonchev–Trinajstić information content (AvgIpc) is 2.85. The molecule has 0 bridgehead atoms. The minimum Gasteiger partial charge on any atom is -0.334 e. The molecule has 1 aromatic carbocycles. The lowest BCUT2D eigenvalue weighted by Gasteiger charge is -2.18. The van der Waals surface area contributed by atoms with Gasteiger partial charge in [0, 0.05) is 18.9 Å². The molecule has 2 rings (SSSR count). The van der Waals surface area contributed by atoms with Crippen LogP contribution in [0.15, 0.2) is 24.5 Å². The molecule has 0 aliphatic heterocycles. The van der Waals surface area contributed by atoms with Crippen molar-refractivity contribution in [3.05, 3.63) is 53.4 Å². The summed E-state index contributed by atoms with van der Waals surface area (Å²) in [6.45, 7) is 2.61. The van der Waals surface area contributed by atoms with Crippen molar-refractivity contribution in [3.63, 3.8) is 0 Å². The van der Waals surface area contributed by atoms with E-state index < -0.39 is 23.5 Å². The van der Waals surface area contributed by atoms with E-state index in [1.54, 1.807) is 19.4 Å². The highest BCUT2D eigenvalue weighted by Crippen LogP contribution is 2.24. The quantitative estimate of drug-likeness (QED) is 0.865. The summed E-state index contributed by atoms with van der Waals surface area (Å²) in [7, 11) is 1.65. The maximum Gasteiger partial charge on any atom is 0.194 e. The molecule has 0 radical (unpaired) electrons. The van der Waals surface area contributed by atoms with Crippen LogP contribution >= 0.6 is 0 Å². The summed E-state index contributed by atoms with van der Waals surface area (Å²) in [5.41, 5.74) is 0.291. The van der Waals surface area contributed by atoms with Gasteiger partial charge in [0.2, 0.25) is 0 Å². The van der Waals surface area contributed by atoms with E-state index in [-0.39, 0.29) is 0 Å². The number of benzene rings is 1. The van der Waals surface area contributed by atoms with Crippen molar-refractivity contribution in [1.82, 2.24) is 14.9 Å². The molecule has 0 fully saturated rings. The van der Waals surface area contributed by atoms with Gasteiger partial charge in [-0.3, -0.25) is 0 Å². The van der Waals surface area contributed by atoms with Crippen molar-refractivity contribution in [3.8, 4) is 0 Å². The molecule has 1 unspecified atom stereocenters. The molecular formula is C13H14F3N3. The average molecular weight is 269 g/mol. The number of nitrogens with zero attached hydrogens (tertiary/aromatic N) is 2. The molecule has 1 heterocycles. The van der Waals surface area contributed by atoms with E-state index in [9.17, 15) is 13.2 Å². The fourth-order valence-electron chi connectivity index (χ4n) is 2.04. The van der Waals surface area contributed by atoms with E-state index in [4.69, 9.17) is 0 Å². The van der Waals surface area contributed by atoms with Crippen LogP contribution in [-0.2, 0) is 6.54 Å². The van der Waals surface area contributed by atoms with Gasteiger partial charge in [-0.25, -0.2) is 18.2 Å². The van der Waals surface area contributed by atoms with Crippen molar-refractivity contribution in [1.29, 1.82) is 0 Å². The predicted octanol–water partition coefficient (Wildman–Crippen LogP) is 2.63. The largest absolute Gasteiger partial charge is 0.334 e. The van der Waals surface area contributed by atoms with Crippen molar-refractivity contribution in [2.75, 3.05) is 7.05 Å². The van der Waals surface area contributed by atoms with Gasteiger partial charge in [0.1, 0.15) is 5.82 Å². The van der Waals surface area contributed by atoms with Gasteiger partial charge in [0.05, 0.1) is 6.04 Å². The third-order valence-corrected chi connectivity index (χ3v) is 2.97. The first-order chi connectivity index (χ1) is 9.08. The molecule has 1 aromatic heterocycles. The second kappa shape index (κ2) is 5.44. The molecule has 0 amide bonds. The summed E-state index contributed by atoms with van der Waals surface area (Å²) >= 11 is 0. The second-order valence-corrected chi connectivity index (χ2v) is 4.09. The monoisotopic (exact) mass is 269 g/mol. The Morgan fingerprint density at radius 1 is 1.26 bits per heavy atom. The normalized spacial score (nSPS) is 12.7. The molecule has 1 atom stereocenters. The van der Waals surface area contributed by atoms with Crippen molar-refractivity contribution in [2.45, 2.75) is 19.5 Å². The second-order valence-electron chi connectivity index (χ2n) is 4.09. The Morgan fingerprint density at radius 2 is 1.89 bits per heavy atom. The van der Waals surface area contributed by atoms with Crippen molar-refractivity contribution >= 4 is 0 Å². The van der Waals surface area contributed by atoms with Gasteiger partial charge in [-0.05, 0) is 31.7 Å². The summed E-state index contributed by atoms with van der Waals surface area (Å²) in [6.07, 6.45) is 3.38. The minimum absolute atomic E-state index is 0.291. The van der Waals surface area contributed by atoms with Gasteiger partial charge in [-0.1, -0.05) is 0 Å². The third-order valence-electron chi connectivity index (χ3n) is 2.97. The third kappa shape index (κ3) is 2.49. The van der Waals surface area contributed by atoms with Crippen LogP contribution in [0.4, 0.5) is 13.2 Å². The molecule has 0 spiro atoms. The highest BCUT2D eigenvalue weighted by molar-refractivity contribution is 5.27. The van der Waals surface area contributed by atoms with Crippen LogP contribution in [0, 0.1) is 17.5 Å². The molecule has 6 heteroatoms. The highest BCUT2D eigenvalue weighted by atomic mass is 19.2. The van der Waals surface area contributed by atoms with Crippen LogP contribution < -0.4 is 5.32 Å². The topological polar surface area (TPSA) is 29.9 Å². The Kier molecular flexibility index (Phi) is 3.90. The molecule has 0 saturated carbocycles. The molecule has 2 aromatic rings. The predicted molar refractivity (Wildman–Crippen MR) is 65.1 cm³/mol. The smallest absolute Gasteiger partial charge is 0.194 e. The molecule has 3 nitrogen and oxygen atoms in total. The minimum atomic E-state index is -1.46. The zero-order valence-corrected chi connectivity index (χ0v) is 10.6. The number of halogens is 3. The highest BCUT2D eigenvalue weighted by Gasteiger charge is 2.20. The Balaban J connectivity index is 2.48. The lowest BCUT2D eigenvalue weighted by atomic mass is 10.1. The van der Waals surface area contributed by atoms with Crippen LogP contribution in [0.2, 0.25) is 0 Å². The molecule has 102 valence electrons. The van der Waals surface area contributed by atoms with Crippen LogP contribution in [0.1, 0.15) is 24.4 Å². The Bertz CT molecular complexity index is 557. The first-order valence-electron chi connectivity index (χ1n) is 5.91. The fraction of sp³-hybridized carbons (Fsp3) is 0.308. The first kappa shape index (κ1) is 13.6. The Hall–Kier alpha value is -1.82. The maximum absolute atomic E-state index is 13.3. The standard InChI is InChI=1S/C13H14F3N3/c1-3-19-5-4-18-13(19)12(17-2)8-6-9(14)11(16)10(15)7-8/h4-7,12,17H,3H2,1-2H3. The van der Waals surface area contributed by atoms with E-state index in [0.29, 0.717) is 17.9 Å². The van der Waals surface area contributed by atoms with E-state index in [2.05, 4.69) is 10.3 Å². The first-order valence-corrected chi connectivity index (χ1v) is 5.91. The number of nitrogens with one attached hydrogen (secondary N) is 1. The fourth-order valence-corrected chi connectivity index (χ4v) is 2.04. The van der Waals surface area contributed by atoms with Crippen LogP contribution in [-0.4, -0.2) is 16.6 Å². The molecular weight excluding hydrogens is 255 g/mol. The molecule has 0 aliphatic rings. The van der Waals surface area contributed by atoms with Gasteiger partial charge in [-0.2, -0.15) is 0 Å². The molecule has 0 saturated heterocycles. The van der Waals surface area contributed by atoms with Crippen LogP contribution in [0.3, 0.4) is 0 Å². The zero-order valence-electron chi connectivity index (χ0n) is 10.6. The van der Waals surface area contributed by atoms with Gasteiger partial charge in [0.15, 0.2) is 17.5 Å². The van der Waals surface area contributed by atoms with Gasteiger partial charge in [0.25, 0.3) is 0 Å². The SMILES string of the molecule is CCn1ccnc1C(NC)c1cc(F)c(F)c(F)c1. The lowest BCUT2D eigenvalue weighted by Crippen LogP contribution is -2.22. The van der Waals surface area contributed by atoms with Gasteiger partial charge in [-0.15, -0.1) is 0 Å². The van der Waals surface area contributed by atoms with Crippen molar-refractivity contribution < 1.29 is 13.2 Å². The number of rotatable bonds is 4. The number of imidazole rings is 1. The van der Waals surface area contributed by atoms with E-state index in [0.717, 1.165) is 12.1 Å². The van der Waals surface area contributed by atoms with Crippen LogP contribution in [0.5, 0.6) is 0 Å². The number of aryl methyl sites for hydroxylation is 1. The number of aromatic nitrogens is 2. The van der Waals surface area contributed by atoms with E-state index >= 15 is 0 Å². The van der Waals surface area contributed by atoms with Crippen molar-refractivity contribution in [2.24, 2.45) is 0 Å². The molecule has 19 heavy (non-hydrogen) atoms. The molecule has 0 aliphatic carbocycles. The van der Waals surface area contributed by atoms with E-state index in [1.165, 1.54) is 0 Å². The number of hydrogen-bond donors (Lipinski definition) is 1. The van der Waals surface area contributed by atoms with Gasteiger partial charge >= 0.3 is 0 Å². The van der Waals surface area contributed by atoms with Crippen LogP contribution in [0.25, 0.3) is 0 Å². The van der Waals surface area contributed by atoms with Gasteiger partial charge < -0.3 is 9.88 Å². The Labute approximate surface area is 109 Å². The van der Waals surface area contributed by atoms with E-state index in [1.807, 2.05) is 11.5 Å². The summed E-state index contributed by atoms with van der Waals surface area (Å²) in [5, 5.41) is 2.93. The lowest BCUT2D eigenvalue weighted by molar-refractivity contribution is 0.442. The summed E-state index contributed by atoms with van der Waals surface area (Å²) < 4.78 is 41.4. The maximum atomic E-state index is 13.3.